The number of nitrogens with one attached hydrogen (secondary N) is 2. The van der Waals surface area contributed by atoms with Crippen LogP contribution in [0.5, 0.6) is 5.75 Å². The minimum absolute atomic E-state index is 0.0182. The van der Waals surface area contributed by atoms with E-state index in [2.05, 4.69) is 20.3 Å². The summed E-state index contributed by atoms with van der Waals surface area (Å²) in [6.45, 7) is -0.0463. The molecule has 11 nitrogen and oxygen atoms in total. The first-order valence-corrected chi connectivity index (χ1v) is 15.0. The molecule has 0 unspecified atom stereocenters. The third-order valence-corrected chi connectivity index (χ3v) is 8.30. The Kier molecular flexibility index (Phi) is 8.54. The summed E-state index contributed by atoms with van der Waals surface area (Å²) in [5.41, 5.74) is 6.75. The van der Waals surface area contributed by atoms with Crippen LogP contribution in [-0.2, 0) is 23.3 Å². The minimum Gasteiger partial charge on any atom is -0.425 e. The van der Waals surface area contributed by atoms with Crippen LogP contribution >= 0.6 is 0 Å². The molecular weight excluding hydrogens is 632 g/mol. The summed E-state index contributed by atoms with van der Waals surface area (Å²) >= 11 is 0. The number of hydrogen-bond acceptors (Lipinski definition) is 10. The molecule has 0 spiro atoms. The number of carbonyl (C=O) groups excluding carboxylic acids is 2. The number of rotatable bonds is 14. The van der Waals surface area contributed by atoms with Gasteiger partial charge in [0.05, 0.1) is 53.3 Å². The van der Waals surface area contributed by atoms with Gasteiger partial charge in [-0.15, -0.1) is 0 Å². The van der Waals surface area contributed by atoms with Gasteiger partial charge in [0.15, 0.2) is 11.6 Å². The molecule has 0 aliphatic heterocycles. The van der Waals surface area contributed by atoms with Crippen LogP contribution in [0.2, 0.25) is 0 Å². The second kappa shape index (κ2) is 12.6. The lowest BCUT2D eigenvalue weighted by molar-refractivity contribution is -0.176. The number of nitrogens with zero attached hydrogens (tertiary/aromatic N) is 5. The first kappa shape index (κ1) is 32.5. The predicted molar refractivity (Wildman–Crippen MR) is 167 cm³/mol. The summed E-state index contributed by atoms with van der Waals surface area (Å²) in [5, 5.41) is 11.8. The van der Waals surface area contributed by atoms with Crippen LogP contribution in [0, 0.1) is 23.0 Å². The second-order valence-electron chi connectivity index (χ2n) is 11.9. The Labute approximate surface area is 272 Å². The van der Waals surface area contributed by atoms with Crippen molar-refractivity contribution in [2.75, 3.05) is 17.3 Å². The second-order valence-corrected chi connectivity index (χ2v) is 11.9. The quantitative estimate of drug-likeness (QED) is 0.0941. The van der Waals surface area contributed by atoms with E-state index in [0.29, 0.717) is 30.7 Å². The number of aldehydes is 1. The van der Waals surface area contributed by atoms with Crippen molar-refractivity contribution in [1.29, 1.82) is 5.41 Å². The van der Waals surface area contributed by atoms with Crippen LogP contribution in [0.3, 0.4) is 0 Å². The van der Waals surface area contributed by atoms with Crippen LogP contribution in [0.25, 0.3) is 11.1 Å². The fourth-order valence-electron chi connectivity index (χ4n) is 5.60. The Balaban J connectivity index is 1.50. The molecule has 2 fully saturated rings. The number of pyridine rings is 2. The number of nitrogens with two attached hydrogens (primary N) is 1. The maximum atomic E-state index is 14.5. The van der Waals surface area contributed by atoms with Gasteiger partial charge in [-0.1, -0.05) is 6.07 Å². The topological polar surface area (TPSA) is 160 Å². The Bertz CT molecular complexity index is 1880. The molecule has 0 atom stereocenters. The molecule has 3 heterocycles. The lowest BCUT2D eigenvalue weighted by Crippen LogP contribution is -2.28. The third kappa shape index (κ3) is 6.80. The van der Waals surface area contributed by atoms with Crippen molar-refractivity contribution in [1.82, 2.24) is 19.9 Å². The highest BCUT2D eigenvalue weighted by Crippen LogP contribution is 2.49. The van der Waals surface area contributed by atoms with Crippen molar-refractivity contribution in [2.45, 2.75) is 50.3 Å². The molecular formula is C33H30F4N8O3. The number of hydrogen-bond donors (Lipinski definition) is 3. The molecule has 2 saturated carbocycles. The van der Waals surface area contributed by atoms with E-state index in [1.165, 1.54) is 36.2 Å². The SMILES string of the molecule is CN(Cc1ncc(F)cn1)c1ccc(-c2c(C=N)c(NC3(c4ccc(F)cn4)CC3)nc(CC3CC3)c2C(N)=O)cc1OC(F)(F)C=O. The lowest BCUT2D eigenvalue weighted by Gasteiger charge is -2.26. The summed E-state index contributed by atoms with van der Waals surface area (Å²) in [7, 11) is 1.53. The number of carbonyl (C=O) groups is 2. The molecule has 3 aromatic heterocycles. The number of ether oxygens (including phenoxy) is 1. The van der Waals surface area contributed by atoms with E-state index >= 15 is 0 Å². The highest BCUT2D eigenvalue weighted by atomic mass is 19.3. The molecule has 248 valence electrons. The molecule has 6 rings (SSSR count). The van der Waals surface area contributed by atoms with Crippen LogP contribution in [0.1, 0.15) is 58.8 Å². The van der Waals surface area contributed by atoms with Gasteiger partial charge < -0.3 is 26.1 Å². The summed E-state index contributed by atoms with van der Waals surface area (Å²) in [4.78, 5) is 42.6. The molecule has 1 amide bonds. The summed E-state index contributed by atoms with van der Waals surface area (Å²) in [5.74, 6) is -1.75. The van der Waals surface area contributed by atoms with Crippen LogP contribution in [0.15, 0.2) is 48.9 Å². The number of alkyl halides is 2. The van der Waals surface area contributed by atoms with Gasteiger partial charge in [-0.25, -0.2) is 23.7 Å². The number of amides is 1. The summed E-state index contributed by atoms with van der Waals surface area (Å²) in [6.07, 6.45) is 2.67. The lowest BCUT2D eigenvalue weighted by atomic mass is 9.91. The van der Waals surface area contributed by atoms with Crippen LogP contribution in [0.4, 0.5) is 29.1 Å². The highest BCUT2D eigenvalue weighted by molar-refractivity contribution is 6.07. The number of anilines is 2. The highest BCUT2D eigenvalue weighted by Gasteiger charge is 2.47. The third-order valence-electron chi connectivity index (χ3n) is 8.30. The molecule has 4 N–H and O–H groups in total. The first-order valence-electron chi connectivity index (χ1n) is 15.0. The summed E-state index contributed by atoms with van der Waals surface area (Å²) < 4.78 is 60.9. The Morgan fingerprint density at radius 3 is 2.42 bits per heavy atom. The molecule has 0 bridgehead atoms. The van der Waals surface area contributed by atoms with E-state index in [0.717, 1.165) is 37.6 Å². The van der Waals surface area contributed by atoms with Gasteiger partial charge in [-0.2, -0.15) is 8.78 Å². The zero-order valence-corrected chi connectivity index (χ0v) is 25.6. The molecule has 48 heavy (non-hydrogen) atoms. The van der Waals surface area contributed by atoms with Crippen LogP contribution < -0.4 is 20.7 Å². The molecule has 4 aromatic rings. The molecule has 1 aromatic carbocycles. The largest absolute Gasteiger partial charge is 0.458 e. The normalized spacial score (nSPS) is 15.0. The average Bonchev–Trinajstić information content (AvgIpc) is 4.00. The summed E-state index contributed by atoms with van der Waals surface area (Å²) in [6, 6.07) is 7.06. The first-order chi connectivity index (χ1) is 22.9. The van der Waals surface area contributed by atoms with Gasteiger partial charge in [-0.05, 0) is 67.9 Å². The Morgan fingerprint density at radius 1 is 1.12 bits per heavy atom. The molecule has 2 aliphatic rings. The number of primary amides is 1. The van der Waals surface area contributed by atoms with Gasteiger partial charge in [-0.3, -0.25) is 14.6 Å². The maximum absolute atomic E-state index is 14.5. The Hall–Kier alpha value is -5.47. The zero-order chi connectivity index (χ0) is 34.2. The van der Waals surface area contributed by atoms with E-state index in [4.69, 9.17) is 20.9 Å². The number of halogens is 4. The van der Waals surface area contributed by atoms with E-state index in [1.807, 2.05) is 0 Å². The Morgan fingerprint density at radius 2 is 1.83 bits per heavy atom. The average molecular weight is 663 g/mol. The van der Waals surface area contributed by atoms with Gasteiger partial charge in [0.2, 0.25) is 6.29 Å². The van der Waals surface area contributed by atoms with Gasteiger partial charge >= 0.3 is 6.11 Å². The minimum atomic E-state index is -4.22. The van der Waals surface area contributed by atoms with Crippen LogP contribution in [-0.4, -0.2) is 51.5 Å². The van der Waals surface area contributed by atoms with E-state index in [1.54, 1.807) is 6.07 Å². The van der Waals surface area contributed by atoms with E-state index in [-0.39, 0.29) is 52.0 Å². The molecule has 0 radical (unpaired) electrons. The fourth-order valence-corrected chi connectivity index (χ4v) is 5.60. The number of aromatic nitrogens is 4. The molecule has 2 aliphatic carbocycles. The van der Waals surface area contributed by atoms with Gasteiger partial charge in [0, 0.05) is 24.4 Å². The van der Waals surface area contributed by atoms with E-state index < -0.39 is 41.2 Å². The van der Waals surface area contributed by atoms with Crippen molar-refractivity contribution < 1.29 is 31.9 Å². The fraction of sp³-hybridized carbons (Fsp3) is 0.303. The van der Waals surface area contributed by atoms with Gasteiger partial charge in [0.1, 0.15) is 17.5 Å². The molecule has 0 saturated heterocycles. The zero-order valence-electron chi connectivity index (χ0n) is 25.6. The van der Waals surface area contributed by atoms with Crippen molar-refractivity contribution in [2.24, 2.45) is 11.7 Å². The standard InChI is InChI=1S/C33H30F4N8O3/c1-45(16-27-41-14-21(35)15-42-27)24-6-4-19(11-25(24)48-33(36,37)17-46)28-22(12-38)31(43-23(10-18-2-3-18)29(28)30(39)47)44-32(8-9-32)26-7-5-20(34)13-40-26/h4-7,11-15,17-18,38H,2-3,8-10,16H2,1H3,(H2,39,47)(H,43,44). The van der Waals surface area contributed by atoms with Crippen molar-refractivity contribution in [3.05, 3.63) is 88.9 Å². The number of benzene rings is 1. The van der Waals surface area contributed by atoms with Gasteiger partial charge in [0.25, 0.3) is 5.91 Å². The maximum Gasteiger partial charge on any atom is 0.458 e. The smallest absolute Gasteiger partial charge is 0.425 e. The molecule has 15 heteroatoms. The van der Waals surface area contributed by atoms with E-state index in [9.17, 15) is 27.2 Å². The predicted octanol–water partition coefficient (Wildman–Crippen LogP) is 5.17. The van der Waals surface area contributed by atoms with Crippen molar-refractivity contribution >= 4 is 29.9 Å². The van der Waals surface area contributed by atoms with Crippen molar-refractivity contribution in [3.8, 4) is 16.9 Å². The van der Waals surface area contributed by atoms with Crippen molar-refractivity contribution in [3.63, 3.8) is 0 Å². The monoisotopic (exact) mass is 662 g/mol.